The van der Waals surface area contributed by atoms with Crippen LogP contribution in [0.5, 0.6) is 0 Å². The highest BCUT2D eigenvalue weighted by Gasteiger charge is 2.68. The molecular weight excluding hydrogens is 404 g/mol. The number of carbonyl (C=O) groups excluding carboxylic acids is 4. The maximum atomic E-state index is 13.0. The molecule has 32 heavy (non-hydrogen) atoms. The summed E-state index contributed by atoms with van der Waals surface area (Å²) < 4.78 is 0. The summed E-state index contributed by atoms with van der Waals surface area (Å²) in [5.41, 5.74) is -1.06. The summed E-state index contributed by atoms with van der Waals surface area (Å²) in [4.78, 5) is 55.0. The van der Waals surface area contributed by atoms with Gasteiger partial charge in [0.05, 0.1) is 22.7 Å². The Bertz CT molecular complexity index is 906. The predicted octanol–water partition coefficient (Wildman–Crippen LogP) is 2.94. The van der Waals surface area contributed by atoms with Crippen LogP contribution in [0.25, 0.3) is 0 Å². The zero-order valence-electron chi connectivity index (χ0n) is 19.0. The minimum Gasteiger partial charge on any atom is -0.282 e. The summed E-state index contributed by atoms with van der Waals surface area (Å²) in [7, 11) is 0. The Morgan fingerprint density at radius 3 is 1.47 bits per heavy atom. The molecule has 2 saturated heterocycles. The number of carbonyl (C=O) groups is 4. The Balaban J connectivity index is 0.985. The lowest BCUT2D eigenvalue weighted by molar-refractivity contribution is -0.143. The molecule has 6 heteroatoms. The molecule has 8 atom stereocenters. The molecule has 4 aliphatic carbocycles. The summed E-state index contributed by atoms with van der Waals surface area (Å²) in [6.07, 6.45) is 13.7. The first-order chi connectivity index (χ1) is 15.3. The summed E-state index contributed by atoms with van der Waals surface area (Å²) in [5.74, 6) is 0.619. The van der Waals surface area contributed by atoms with E-state index in [2.05, 4.69) is 24.3 Å². The first kappa shape index (κ1) is 20.4. The van der Waals surface area contributed by atoms with Crippen LogP contribution in [0, 0.1) is 46.3 Å². The largest absolute Gasteiger partial charge is 0.282 e. The van der Waals surface area contributed by atoms with E-state index in [9.17, 15) is 19.2 Å². The van der Waals surface area contributed by atoms with E-state index < -0.39 is 10.8 Å². The van der Waals surface area contributed by atoms with Gasteiger partial charge in [0.1, 0.15) is 0 Å². The summed E-state index contributed by atoms with van der Waals surface area (Å²) >= 11 is 0. The normalized spacial score (nSPS) is 45.2. The molecule has 2 saturated carbocycles. The summed E-state index contributed by atoms with van der Waals surface area (Å²) in [5, 5.41) is 0. The molecule has 2 aliphatic heterocycles. The molecule has 0 radical (unpaired) electrons. The van der Waals surface area contributed by atoms with Gasteiger partial charge in [-0.3, -0.25) is 29.0 Å². The molecule has 0 aromatic heterocycles. The van der Waals surface area contributed by atoms with Gasteiger partial charge in [0.25, 0.3) is 0 Å². The van der Waals surface area contributed by atoms with Crippen molar-refractivity contribution in [3.63, 3.8) is 0 Å². The monoisotopic (exact) mass is 436 g/mol. The Kier molecular flexibility index (Phi) is 4.23. The Morgan fingerprint density at radius 1 is 0.688 bits per heavy atom. The first-order valence-electron chi connectivity index (χ1n) is 12.4. The van der Waals surface area contributed by atoms with Gasteiger partial charge in [0, 0.05) is 13.1 Å². The van der Waals surface area contributed by atoms with Gasteiger partial charge < -0.3 is 0 Å². The molecule has 0 N–H and O–H groups in total. The maximum Gasteiger partial charge on any atom is 0.236 e. The molecule has 0 spiro atoms. The lowest BCUT2D eigenvalue weighted by Crippen LogP contribution is -2.38. The van der Waals surface area contributed by atoms with Crippen LogP contribution in [-0.4, -0.2) is 46.5 Å². The second-order valence-corrected chi connectivity index (χ2v) is 11.3. The van der Waals surface area contributed by atoms with Crippen LogP contribution in [0.15, 0.2) is 24.3 Å². The topological polar surface area (TPSA) is 74.8 Å². The molecule has 6 rings (SSSR count). The van der Waals surface area contributed by atoms with E-state index in [0.29, 0.717) is 13.1 Å². The van der Waals surface area contributed by atoms with Gasteiger partial charge in [-0.05, 0) is 63.2 Å². The van der Waals surface area contributed by atoms with E-state index in [-0.39, 0.29) is 59.1 Å². The van der Waals surface area contributed by atoms with E-state index in [1.54, 1.807) is 0 Å². The van der Waals surface area contributed by atoms with Gasteiger partial charge in [0.2, 0.25) is 23.6 Å². The summed E-state index contributed by atoms with van der Waals surface area (Å²) in [6.45, 7) is 4.93. The van der Waals surface area contributed by atoms with Gasteiger partial charge in [-0.2, -0.15) is 0 Å². The molecule has 4 amide bonds. The number of rotatable bonds is 7. The Hall–Kier alpha value is -2.24. The highest BCUT2D eigenvalue weighted by Crippen LogP contribution is 2.61. The van der Waals surface area contributed by atoms with Crippen molar-refractivity contribution >= 4 is 23.6 Å². The van der Waals surface area contributed by atoms with E-state index >= 15 is 0 Å². The lowest BCUT2D eigenvalue weighted by atomic mass is 9.71. The first-order valence-corrected chi connectivity index (χ1v) is 12.4. The third-order valence-corrected chi connectivity index (χ3v) is 9.91. The molecule has 2 heterocycles. The number of allylic oxidation sites excluding steroid dienone is 4. The second-order valence-electron chi connectivity index (χ2n) is 11.3. The van der Waals surface area contributed by atoms with Crippen LogP contribution in [0.1, 0.15) is 52.4 Å². The van der Waals surface area contributed by atoms with Gasteiger partial charge >= 0.3 is 0 Å². The van der Waals surface area contributed by atoms with Crippen molar-refractivity contribution in [2.75, 3.05) is 13.1 Å². The third-order valence-electron chi connectivity index (χ3n) is 9.91. The SMILES string of the molecule is C[C@]12C(=O)N(CCCCCCN3C(=O)[C@@H]4[C@@H]5C=C[C@H](C5)[C@@]4(C)C3=O)C(=O)[C@@H]1[C@@H]1C=C[C@H]2C1. The van der Waals surface area contributed by atoms with Crippen molar-refractivity contribution in [1.82, 2.24) is 9.80 Å². The smallest absolute Gasteiger partial charge is 0.236 e. The third kappa shape index (κ3) is 2.31. The molecule has 170 valence electrons. The number of unbranched alkanes of at least 4 members (excludes halogenated alkanes) is 3. The van der Waals surface area contributed by atoms with Gasteiger partial charge in [0.15, 0.2) is 0 Å². The highest BCUT2D eigenvalue weighted by atomic mass is 16.2. The molecule has 4 fully saturated rings. The number of amides is 4. The number of hydrogen-bond acceptors (Lipinski definition) is 4. The fourth-order valence-electron chi connectivity index (χ4n) is 8.09. The van der Waals surface area contributed by atoms with Crippen LogP contribution >= 0.6 is 0 Å². The summed E-state index contributed by atoms with van der Waals surface area (Å²) in [6, 6.07) is 0. The van der Waals surface area contributed by atoms with E-state index in [1.807, 2.05) is 13.8 Å². The molecule has 0 aromatic rings. The lowest BCUT2D eigenvalue weighted by Gasteiger charge is -2.28. The average Bonchev–Trinajstić information content (AvgIpc) is 3.57. The van der Waals surface area contributed by atoms with Crippen molar-refractivity contribution in [3.8, 4) is 0 Å². The van der Waals surface area contributed by atoms with Crippen LogP contribution in [0.2, 0.25) is 0 Å². The number of nitrogens with zero attached hydrogens (tertiary/aromatic N) is 2. The standard InChI is InChI=1S/C26H32N2O4/c1-25-17-9-7-15(13-17)19(25)21(29)27(23(25)31)11-5-3-4-6-12-28-22(30)20-16-8-10-18(14-16)26(20,2)24(28)32/h7-10,15-20H,3-6,11-14H2,1-2H3/t15-,16-,17-,18+,19+,20+,25-,26-/m1/s1. The van der Waals surface area contributed by atoms with Crippen molar-refractivity contribution in [3.05, 3.63) is 24.3 Å². The van der Waals surface area contributed by atoms with Crippen molar-refractivity contribution in [2.24, 2.45) is 46.3 Å². The minimum absolute atomic E-state index is 0.0145. The molecule has 6 nitrogen and oxygen atoms in total. The van der Waals surface area contributed by atoms with E-state index in [1.165, 1.54) is 9.80 Å². The highest BCUT2D eigenvalue weighted by molar-refractivity contribution is 6.09. The number of imide groups is 2. The number of likely N-dealkylation sites (tertiary alicyclic amines) is 2. The van der Waals surface area contributed by atoms with Crippen molar-refractivity contribution in [2.45, 2.75) is 52.4 Å². The van der Waals surface area contributed by atoms with Crippen molar-refractivity contribution in [1.29, 1.82) is 0 Å². The predicted molar refractivity (Wildman–Crippen MR) is 117 cm³/mol. The fourth-order valence-corrected chi connectivity index (χ4v) is 8.09. The molecule has 6 aliphatic rings. The van der Waals surface area contributed by atoms with Crippen LogP contribution in [-0.2, 0) is 19.2 Å². The van der Waals surface area contributed by atoms with Gasteiger partial charge in [-0.1, -0.05) is 37.1 Å². The second kappa shape index (κ2) is 6.64. The minimum atomic E-state index is -0.532. The van der Waals surface area contributed by atoms with Crippen LogP contribution < -0.4 is 0 Å². The molecule has 0 aromatic carbocycles. The van der Waals surface area contributed by atoms with Crippen LogP contribution in [0.3, 0.4) is 0 Å². The van der Waals surface area contributed by atoms with Crippen LogP contribution in [0.4, 0.5) is 0 Å². The van der Waals surface area contributed by atoms with Gasteiger partial charge in [-0.25, -0.2) is 0 Å². The Morgan fingerprint density at radius 2 is 1.09 bits per heavy atom. The van der Waals surface area contributed by atoms with Gasteiger partial charge in [-0.15, -0.1) is 0 Å². The van der Waals surface area contributed by atoms with E-state index in [4.69, 9.17) is 0 Å². The zero-order chi connectivity index (χ0) is 22.4. The van der Waals surface area contributed by atoms with E-state index in [0.717, 1.165) is 38.5 Å². The molecule has 0 unspecified atom stereocenters. The fraction of sp³-hybridized carbons (Fsp3) is 0.692. The average molecular weight is 437 g/mol. The van der Waals surface area contributed by atoms with Crippen molar-refractivity contribution < 1.29 is 19.2 Å². The molecule has 4 bridgehead atoms. The number of hydrogen-bond donors (Lipinski definition) is 0. The maximum absolute atomic E-state index is 13.0. The molecular formula is C26H32N2O4. The Labute approximate surface area is 189 Å². The quantitative estimate of drug-likeness (QED) is 0.349. The number of fused-ring (bicyclic) bond motifs is 10. The zero-order valence-corrected chi connectivity index (χ0v) is 19.0.